The van der Waals surface area contributed by atoms with E-state index in [1.165, 1.54) is 0 Å². The number of anilines is 1. The summed E-state index contributed by atoms with van der Waals surface area (Å²) in [6.07, 6.45) is 7.74. The van der Waals surface area contributed by atoms with Crippen molar-refractivity contribution >= 4 is 11.9 Å². The first-order valence-electron chi connectivity index (χ1n) is 11.7. The number of hydrogen-bond acceptors (Lipinski definition) is 6. The average molecular weight is 448 g/mol. The van der Waals surface area contributed by atoms with Gasteiger partial charge in [-0.15, -0.1) is 0 Å². The van der Waals surface area contributed by atoms with E-state index in [0.29, 0.717) is 13.0 Å². The van der Waals surface area contributed by atoms with E-state index in [9.17, 15) is 4.79 Å². The highest BCUT2D eigenvalue weighted by molar-refractivity contribution is 5.76. The van der Waals surface area contributed by atoms with Crippen LogP contribution in [-0.4, -0.2) is 49.8 Å². The average Bonchev–Trinajstić information content (AvgIpc) is 3.15. The maximum absolute atomic E-state index is 12.5. The molecule has 0 atom stereocenters. The Morgan fingerprint density at radius 2 is 1.91 bits per heavy atom. The van der Waals surface area contributed by atoms with Crippen LogP contribution >= 0.6 is 0 Å². The first-order valence-corrected chi connectivity index (χ1v) is 11.7. The maximum atomic E-state index is 12.5. The number of rotatable bonds is 7. The first kappa shape index (κ1) is 22.9. The van der Waals surface area contributed by atoms with E-state index in [0.717, 1.165) is 60.1 Å². The molecule has 3 aromatic heterocycles. The van der Waals surface area contributed by atoms with E-state index < -0.39 is 0 Å². The summed E-state index contributed by atoms with van der Waals surface area (Å²) in [7, 11) is 0. The molecule has 4 rings (SSSR count). The van der Waals surface area contributed by atoms with Crippen LogP contribution in [0.1, 0.15) is 56.1 Å². The molecule has 1 saturated heterocycles. The molecule has 1 aliphatic rings. The molecule has 0 aliphatic carbocycles. The normalized spacial score (nSPS) is 14.6. The lowest BCUT2D eigenvalue weighted by Crippen LogP contribution is -2.45. The number of aromatic nitrogens is 5. The fourth-order valence-corrected chi connectivity index (χ4v) is 4.36. The number of amides is 1. The van der Waals surface area contributed by atoms with E-state index in [1.807, 2.05) is 42.9 Å². The molecule has 8 nitrogen and oxygen atoms in total. The van der Waals surface area contributed by atoms with Gasteiger partial charge in [-0.3, -0.25) is 14.5 Å². The zero-order valence-electron chi connectivity index (χ0n) is 20.0. The molecule has 0 aromatic carbocycles. The zero-order chi connectivity index (χ0) is 23.4. The minimum Gasteiger partial charge on any atom is -0.353 e. The summed E-state index contributed by atoms with van der Waals surface area (Å²) in [4.78, 5) is 28.4. The van der Waals surface area contributed by atoms with Gasteiger partial charge in [-0.25, -0.2) is 9.97 Å². The van der Waals surface area contributed by atoms with Gasteiger partial charge < -0.3 is 10.2 Å². The van der Waals surface area contributed by atoms with Gasteiger partial charge in [-0.05, 0) is 56.4 Å². The summed E-state index contributed by atoms with van der Waals surface area (Å²) in [6, 6.07) is 6.21. The Morgan fingerprint density at radius 1 is 1.18 bits per heavy atom. The SMILES string of the molecule is Cc1cc(C)n(CCC(=O)NC2CCN(c3ncc(-c4ccncc4)c(C(C)C)n3)CC2)n1. The number of nitrogens with one attached hydrogen (secondary N) is 1. The van der Waals surface area contributed by atoms with Crippen LogP contribution in [0.2, 0.25) is 0 Å². The van der Waals surface area contributed by atoms with Gasteiger partial charge in [0, 0.05) is 61.9 Å². The number of pyridine rings is 1. The summed E-state index contributed by atoms with van der Waals surface area (Å²) < 4.78 is 1.90. The molecule has 8 heteroatoms. The minimum atomic E-state index is 0.0843. The molecule has 0 unspecified atom stereocenters. The van der Waals surface area contributed by atoms with Crippen LogP contribution in [0.3, 0.4) is 0 Å². The quantitative estimate of drug-likeness (QED) is 0.595. The second-order valence-corrected chi connectivity index (χ2v) is 9.09. The van der Waals surface area contributed by atoms with Crippen molar-refractivity contribution in [1.29, 1.82) is 0 Å². The molecule has 0 radical (unpaired) electrons. The number of carbonyl (C=O) groups excluding carboxylic acids is 1. The Hall–Kier alpha value is -3.29. The molecule has 0 bridgehead atoms. The van der Waals surface area contributed by atoms with Crippen LogP contribution in [0.5, 0.6) is 0 Å². The number of carbonyl (C=O) groups is 1. The molecule has 174 valence electrons. The highest BCUT2D eigenvalue weighted by Gasteiger charge is 2.23. The van der Waals surface area contributed by atoms with Crippen molar-refractivity contribution in [1.82, 2.24) is 30.0 Å². The summed E-state index contributed by atoms with van der Waals surface area (Å²) in [6.45, 7) is 10.6. The second-order valence-electron chi connectivity index (χ2n) is 9.09. The van der Waals surface area contributed by atoms with Crippen molar-refractivity contribution in [2.45, 2.75) is 65.5 Å². The van der Waals surface area contributed by atoms with Gasteiger partial charge in [0.1, 0.15) is 0 Å². The lowest BCUT2D eigenvalue weighted by molar-refractivity contribution is -0.122. The van der Waals surface area contributed by atoms with Gasteiger partial charge in [0.15, 0.2) is 0 Å². The van der Waals surface area contributed by atoms with E-state index >= 15 is 0 Å². The smallest absolute Gasteiger partial charge is 0.225 e. The van der Waals surface area contributed by atoms with Crippen molar-refractivity contribution in [3.63, 3.8) is 0 Å². The lowest BCUT2D eigenvalue weighted by Gasteiger charge is -2.33. The Labute approximate surface area is 195 Å². The maximum Gasteiger partial charge on any atom is 0.225 e. The number of nitrogens with zero attached hydrogens (tertiary/aromatic N) is 6. The molecule has 1 N–H and O–H groups in total. The molecule has 0 saturated carbocycles. The predicted octanol–water partition coefficient (Wildman–Crippen LogP) is 3.65. The first-order chi connectivity index (χ1) is 15.9. The van der Waals surface area contributed by atoms with Gasteiger partial charge in [0.2, 0.25) is 11.9 Å². The molecule has 1 aliphatic heterocycles. The fourth-order valence-electron chi connectivity index (χ4n) is 4.36. The highest BCUT2D eigenvalue weighted by Crippen LogP contribution is 2.29. The van der Waals surface area contributed by atoms with E-state index in [-0.39, 0.29) is 17.9 Å². The van der Waals surface area contributed by atoms with Gasteiger partial charge in [-0.1, -0.05) is 13.8 Å². The molecule has 33 heavy (non-hydrogen) atoms. The number of piperidine rings is 1. The van der Waals surface area contributed by atoms with Crippen LogP contribution in [0.4, 0.5) is 5.95 Å². The van der Waals surface area contributed by atoms with Gasteiger partial charge >= 0.3 is 0 Å². The molecule has 1 amide bonds. The summed E-state index contributed by atoms with van der Waals surface area (Å²) >= 11 is 0. The summed E-state index contributed by atoms with van der Waals surface area (Å²) in [5, 5.41) is 7.62. The standard InChI is InChI=1S/C25H33N7O/c1-17(2)24-22(20-5-10-26-11-6-20)16-27-25(29-24)31-12-7-21(8-13-31)28-23(33)9-14-32-19(4)15-18(3)30-32/h5-6,10-11,15-17,21H,7-9,12-14H2,1-4H3,(H,28,33). The third-order valence-electron chi connectivity index (χ3n) is 6.14. The van der Waals surface area contributed by atoms with E-state index in [2.05, 4.69) is 39.1 Å². The Balaban J connectivity index is 1.33. The number of hydrogen-bond donors (Lipinski definition) is 1. The Kier molecular flexibility index (Phi) is 7.01. The van der Waals surface area contributed by atoms with Crippen LogP contribution in [0.15, 0.2) is 36.8 Å². The zero-order valence-corrected chi connectivity index (χ0v) is 20.0. The topological polar surface area (TPSA) is 88.8 Å². The van der Waals surface area contributed by atoms with Crippen molar-refractivity contribution in [3.8, 4) is 11.1 Å². The number of aryl methyl sites for hydroxylation is 3. The largest absolute Gasteiger partial charge is 0.353 e. The molecule has 3 aromatic rings. The second kappa shape index (κ2) is 10.1. The Bertz CT molecular complexity index is 1090. The van der Waals surface area contributed by atoms with Crippen molar-refractivity contribution < 1.29 is 4.79 Å². The van der Waals surface area contributed by atoms with Crippen LogP contribution in [0.25, 0.3) is 11.1 Å². The van der Waals surface area contributed by atoms with E-state index in [1.54, 1.807) is 12.4 Å². The van der Waals surface area contributed by atoms with Crippen molar-refractivity contribution in [3.05, 3.63) is 53.9 Å². The van der Waals surface area contributed by atoms with Crippen LogP contribution in [-0.2, 0) is 11.3 Å². The third-order valence-corrected chi connectivity index (χ3v) is 6.14. The van der Waals surface area contributed by atoms with Gasteiger partial charge in [-0.2, -0.15) is 5.10 Å². The summed E-state index contributed by atoms with van der Waals surface area (Å²) in [5.74, 6) is 1.14. The molecule has 1 fully saturated rings. The minimum absolute atomic E-state index is 0.0843. The van der Waals surface area contributed by atoms with Gasteiger partial charge in [0.05, 0.1) is 11.4 Å². The molecule has 0 spiro atoms. The molecular weight excluding hydrogens is 414 g/mol. The van der Waals surface area contributed by atoms with Gasteiger partial charge in [0.25, 0.3) is 0 Å². The monoisotopic (exact) mass is 447 g/mol. The van der Waals surface area contributed by atoms with Crippen LogP contribution in [0, 0.1) is 13.8 Å². The summed E-state index contributed by atoms with van der Waals surface area (Å²) in [5.41, 5.74) is 5.26. The van der Waals surface area contributed by atoms with Crippen molar-refractivity contribution in [2.75, 3.05) is 18.0 Å². The Morgan fingerprint density at radius 3 is 2.55 bits per heavy atom. The molecular formula is C25H33N7O. The molecule has 4 heterocycles. The van der Waals surface area contributed by atoms with Crippen LogP contribution < -0.4 is 10.2 Å². The lowest BCUT2D eigenvalue weighted by atomic mass is 10.00. The predicted molar refractivity (Wildman–Crippen MR) is 129 cm³/mol. The highest BCUT2D eigenvalue weighted by atomic mass is 16.1. The fraction of sp³-hybridized carbons (Fsp3) is 0.480. The third kappa shape index (κ3) is 5.56. The van der Waals surface area contributed by atoms with E-state index in [4.69, 9.17) is 4.98 Å². The van der Waals surface area contributed by atoms with Crippen molar-refractivity contribution in [2.24, 2.45) is 0 Å².